The number of hydrogen-bond acceptors (Lipinski definition) is 6. The molecule has 0 N–H and O–H groups in total. The lowest BCUT2D eigenvalue weighted by molar-refractivity contribution is 0.670. The van der Waals surface area contributed by atoms with Crippen molar-refractivity contribution in [3.8, 4) is 66.8 Å². The van der Waals surface area contributed by atoms with E-state index in [-0.39, 0.29) is 0 Å². The molecule has 0 unspecified atom stereocenters. The van der Waals surface area contributed by atoms with Crippen molar-refractivity contribution < 1.29 is 8.83 Å². The molecule has 0 aliphatic carbocycles. The molecule has 0 atom stereocenters. The highest BCUT2D eigenvalue weighted by Gasteiger charge is 2.21. The van der Waals surface area contributed by atoms with E-state index >= 15 is 0 Å². The van der Waals surface area contributed by atoms with Gasteiger partial charge >= 0.3 is 0 Å². The molecule has 0 saturated carbocycles. The van der Waals surface area contributed by atoms with E-state index in [1.54, 1.807) is 0 Å². The van der Waals surface area contributed by atoms with Crippen molar-refractivity contribution in [2.24, 2.45) is 0 Å². The molecule has 0 aliphatic rings. The third-order valence-electron chi connectivity index (χ3n) is 21.8. The van der Waals surface area contributed by atoms with Crippen LogP contribution in [-0.2, 0) is 0 Å². The molecule has 4 aromatic heterocycles. The SMILES string of the molecule is c1ccc(-c2ccc(N(c3ccc(-c4ccc5oc6c7ccccc7ccc6c5c4)cc3)c3ccc(-c4cccc5c4sc4ccccc45)cc3)cc2)cc1.c1ccc(-c2ccc(N(c3ccc(-c4ccc5sc6c7ccccc7ccc6c5c4)cc3)c3ccc(-c4cccc5c4oc4ccccc45)cc3)cc2)cc1. The van der Waals surface area contributed by atoms with Crippen LogP contribution in [0.5, 0.6) is 0 Å². The monoisotopic (exact) mass is 1440 g/mol. The third kappa shape index (κ3) is 11.5. The predicted molar refractivity (Wildman–Crippen MR) is 470 cm³/mol. The first-order valence-electron chi connectivity index (χ1n) is 37.3. The number of fused-ring (bicyclic) bond motifs is 16. The smallest absolute Gasteiger partial charge is 0.143 e. The Bertz CT molecular complexity index is 6790. The maximum absolute atomic E-state index is 6.41. The van der Waals surface area contributed by atoms with Gasteiger partial charge < -0.3 is 18.6 Å². The Kier molecular flexibility index (Phi) is 15.9. The van der Waals surface area contributed by atoms with Gasteiger partial charge in [0.15, 0.2) is 0 Å². The van der Waals surface area contributed by atoms with Crippen molar-refractivity contribution in [3.63, 3.8) is 0 Å². The minimum absolute atomic E-state index is 0.906. The van der Waals surface area contributed by atoms with Crippen molar-refractivity contribution in [3.05, 3.63) is 400 Å². The lowest BCUT2D eigenvalue weighted by Gasteiger charge is -2.26. The van der Waals surface area contributed by atoms with Gasteiger partial charge in [0.25, 0.3) is 0 Å². The van der Waals surface area contributed by atoms with Gasteiger partial charge in [-0.3, -0.25) is 0 Å². The molecule has 0 radical (unpaired) electrons. The first-order chi connectivity index (χ1) is 54.5. The molecular weight excluding hydrogens is 1370 g/mol. The Hall–Kier alpha value is -13.9. The van der Waals surface area contributed by atoms with Gasteiger partial charge in [0.1, 0.15) is 22.3 Å². The van der Waals surface area contributed by atoms with Crippen molar-refractivity contribution >= 4 is 163 Å². The van der Waals surface area contributed by atoms with Gasteiger partial charge in [-0.2, -0.15) is 0 Å². The van der Waals surface area contributed by atoms with E-state index in [4.69, 9.17) is 8.83 Å². The number of furan rings is 2. The van der Waals surface area contributed by atoms with Gasteiger partial charge in [-0.25, -0.2) is 0 Å². The Morgan fingerprint density at radius 1 is 0.182 bits per heavy atom. The summed E-state index contributed by atoms with van der Waals surface area (Å²) >= 11 is 3.76. The third-order valence-corrected chi connectivity index (χ3v) is 24.2. The second-order valence-corrected chi connectivity index (χ2v) is 30.3. The van der Waals surface area contributed by atoms with Crippen molar-refractivity contribution in [2.45, 2.75) is 0 Å². The second-order valence-electron chi connectivity index (χ2n) is 28.2. The van der Waals surface area contributed by atoms with E-state index in [1.807, 2.05) is 34.8 Å². The molecule has 516 valence electrons. The van der Waals surface area contributed by atoms with Gasteiger partial charge in [-0.15, -0.1) is 22.7 Å². The molecule has 0 saturated heterocycles. The van der Waals surface area contributed by atoms with Gasteiger partial charge in [-0.1, -0.05) is 285 Å². The molecule has 0 fully saturated rings. The molecule has 4 heterocycles. The lowest BCUT2D eigenvalue weighted by Crippen LogP contribution is -2.09. The van der Waals surface area contributed by atoms with Crippen LogP contribution >= 0.6 is 22.7 Å². The van der Waals surface area contributed by atoms with Gasteiger partial charge in [0.05, 0.1) is 0 Å². The first kappa shape index (κ1) is 64.5. The number of hydrogen-bond donors (Lipinski definition) is 0. The number of anilines is 6. The molecule has 0 aliphatic heterocycles. The maximum Gasteiger partial charge on any atom is 0.143 e. The van der Waals surface area contributed by atoms with Crippen LogP contribution in [0.3, 0.4) is 0 Å². The van der Waals surface area contributed by atoms with E-state index in [2.05, 4.69) is 398 Å². The zero-order chi connectivity index (χ0) is 72.6. The fraction of sp³-hybridized carbons (Fsp3) is 0. The number of benzene rings is 18. The second kappa shape index (κ2) is 27.2. The Morgan fingerprint density at radius 3 is 1.14 bits per heavy atom. The molecule has 110 heavy (non-hydrogen) atoms. The van der Waals surface area contributed by atoms with Crippen LogP contribution in [0.4, 0.5) is 34.1 Å². The lowest BCUT2D eigenvalue weighted by atomic mass is 10.0. The molecule has 6 heteroatoms. The van der Waals surface area contributed by atoms with Crippen LogP contribution in [0.15, 0.2) is 409 Å². The Balaban J connectivity index is 0.000000140. The van der Waals surface area contributed by atoms with E-state index in [9.17, 15) is 0 Å². The summed E-state index contributed by atoms with van der Waals surface area (Å²) in [4.78, 5) is 4.69. The minimum atomic E-state index is 0.906. The molecule has 4 nitrogen and oxygen atoms in total. The van der Waals surface area contributed by atoms with E-state index in [1.165, 1.54) is 101 Å². The number of para-hydroxylation sites is 2. The average Bonchev–Trinajstić information content (AvgIpc) is 1.63. The largest absolute Gasteiger partial charge is 0.455 e. The van der Waals surface area contributed by atoms with Gasteiger partial charge in [0.2, 0.25) is 0 Å². The quantitative estimate of drug-likeness (QED) is 0.122. The summed E-state index contributed by atoms with van der Waals surface area (Å²) in [5.74, 6) is 0. The topological polar surface area (TPSA) is 32.8 Å². The number of nitrogens with zero attached hydrogens (tertiary/aromatic N) is 2. The highest BCUT2D eigenvalue weighted by molar-refractivity contribution is 7.27. The minimum Gasteiger partial charge on any atom is -0.455 e. The highest BCUT2D eigenvalue weighted by Crippen LogP contribution is 2.47. The van der Waals surface area contributed by atoms with E-state index < -0.39 is 0 Å². The van der Waals surface area contributed by atoms with Crippen molar-refractivity contribution in [1.82, 2.24) is 0 Å². The summed E-state index contributed by atoms with van der Waals surface area (Å²) in [7, 11) is 0. The summed E-state index contributed by atoms with van der Waals surface area (Å²) in [5.41, 5.74) is 24.5. The normalized spacial score (nSPS) is 11.6. The van der Waals surface area contributed by atoms with Crippen LogP contribution in [0.25, 0.3) is 173 Å². The van der Waals surface area contributed by atoms with E-state index in [0.717, 1.165) is 106 Å². The Morgan fingerprint density at radius 2 is 0.545 bits per heavy atom. The highest BCUT2D eigenvalue weighted by atomic mass is 32.1. The van der Waals surface area contributed by atoms with Crippen LogP contribution in [0, 0.1) is 0 Å². The van der Waals surface area contributed by atoms with Crippen LogP contribution < -0.4 is 9.80 Å². The van der Waals surface area contributed by atoms with Gasteiger partial charge in [0, 0.05) is 107 Å². The van der Waals surface area contributed by atoms with Crippen LogP contribution in [0.1, 0.15) is 0 Å². The number of rotatable bonds is 12. The first-order valence-corrected chi connectivity index (χ1v) is 39.0. The summed E-state index contributed by atoms with van der Waals surface area (Å²) in [6, 6.07) is 144. The zero-order valence-electron chi connectivity index (χ0n) is 59.6. The molecule has 18 aromatic carbocycles. The average molecular weight is 1440 g/mol. The van der Waals surface area contributed by atoms with Gasteiger partial charge in [-0.05, 0) is 193 Å². The molecule has 0 bridgehead atoms. The summed E-state index contributed by atoms with van der Waals surface area (Å²) in [6.45, 7) is 0. The molecule has 0 spiro atoms. The van der Waals surface area contributed by atoms with E-state index in [0.29, 0.717) is 0 Å². The molecular formula is C104H66N2O2S2. The zero-order valence-corrected chi connectivity index (χ0v) is 61.3. The fourth-order valence-electron chi connectivity index (χ4n) is 16.3. The summed E-state index contributed by atoms with van der Waals surface area (Å²) in [5, 5.41) is 14.8. The standard InChI is InChI=1S/2C52H33NOS/c1-2-9-34(10-3-1)35-17-25-40(26-18-35)53(42-29-21-38(22-30-42)43-14-8-15-46-45-13-6-7-16-49(45)54-51(43)46)41-27-19-36(20-28-41)39-24-32-50-48(33-39)47-31-23-37-11-4-5-12-44(37)52(47)55-50;1-2-9-34(10-3-1)35-17-25-40(26-18-35)53(42-29-21-38(22-30-42)44-14-8-15-47-45-13-6-7-16-50(45)55-52(44)47)41-27-19-36(20-28-41)39-24-32-49-48(33-39)46-31-23-37-11-4-5-12-43(37)51(46)54-49/h2*1-33H. The molecule has 0 amide bonds. The summed E-state index contributed by atoms with van der Waals surface area (Å²) < 4.78 is 18.1. The summed E-state index contributed by atoms with van der Waals surface area (Å²) in [6.07, 6.45) is 0. The Labute approximate surface area is 643 Å². The fourth-order valence-corrected chi connectivity index (χ4v) is 18.7. The van der Waals surface area contributed by atoms with Crippen LogP contribution in [0.2, 0.25) is 0 Å². The predicted octanol–water partition coefficient (Wildman–Crippen LogP) is 31.2. The molecule has 22 aromatic rings. The van der Waals surface area contributed by atoms with Crippen molar-refractivity contribution in [2.75, 3.05) is 9.80 Å². The molecule has 22 rings (SSSR count). The maximum atomic E-state index is 6.41. The number of thiophene rings is 2. The van der Waals surface area contributed by atoms with Crippen molar-refractivity contribution in [1.29, 1.82) is 0 Å². The van der Waals surface area contributed by atoms with Crippen LogP contribution in [-0.4, -0.2) is 0 Å².